The van der Waals surface area contributed by atoms with Crippen LogP contribution in [-0.2, 0) is 16.0 Å². The third-order valence-corrected chi connectivity index (χ3v) is 6.09. The summed E-state index contributed by atoms with van der Waals surface area (Å²) in [5, 5.41) is 1.12. The van der Waals surface area contributed by atoms with Crippen molar-refractivity contribution in [1.82, 2.24) is 9.88 Å². The van der Waals surface area contributed by atoms with E-state index in [4.69, 9.17) is 9.47 Å². The van der Waals surface area contributed by atoms with Gasteiger partial charge in [-0.1, -0.05) is 24.3 Å². The molecule has 0 aliphatic carbocycles. The molecule has 0 radical (unpaired) electrons. The number of ether oxygens (including phenoxy) is 2. The summed E-state index contributed by atoms with van der Waals surface area (Å²) in [6, 6.07) is 13.1. The molecule has 1 aromatic heterocycles. The van der Waals surface area contributed by atoms with Gasteiger partial charge in [-0.3, -0.25) is 9.59 Å². The second-order valence-corrected chi connectivity index (χ2v) is 7.57. The fourth-order valence-corrected chi connectivity index (χ4v) is 4.81. The Balaban J connectivity index is 1.60. The molecule has 3 aromatic rings. The van der Waals surface area contributed by atoms with Crippen LogP contribution in [0.4, 0.5) is 0 Å². The summed E-state index contributed by atoms with van der Waals surface area (Å²) in [6.07, 6.45) is 1.16. The van der Waals surface area contributed by atoms with Crippen LogP contribution in [0.5, 0.6) is 11.5 Å². The molecular formula is C22H18N2O4. The molecule has 0 unspecified atom stereocenters. The lowest BCUT2D eigenvalue weighted by atomic mass is 9.83. The van der Waals surface area contributed by atoms with Gasteiger partial charge in [-0.05, 0) is 29.3 Å². The highest BCUT2D eigenvalue weighted by atomic mass is 16.7. The minimum Gasteiger partial charge on any atom is -0.454 e. The third-order valence-electron chi connectivity index (χ3n) is 6.09. The van der Waals surface area contributed by atoms with Crippen molar-refractivity contribution in [2.24, 2.45) is 0 Å². The number of nitrogens with one attached hydrogen (secondary N) is 1. The van der Waals surface area contributed by atoms with E-state index in [1.54, 1.807) is 4.90 Å². The average molecular weight is 374 g/mol. The summed E-state index contributed by atoms with van der Waals surface area (Å²) < 4.78 is 11.0. The van der Waals surface area contributed by atoms with Crippen LogP contribution >= 0.6 is 0 Å². The summed E-state index contributed by atoms with van der Waals surface area (Å²) in [5.74, 6) is 1.54. The van der Waals surface area contributed by atoms with Crippen molar-refractivity contribution in [1.29, 1.82) is 0 Å². The van der Waals surface area contributed by atoms with E-state index in [2.05, 4.69) is 11.1 Å². The Bertz CT molecular complexity index is 1150. The molecule has 3 aliphatic heterocycles. The second-order valence-electron chi connectivity index (χ2n) is 7.57. The van der Waals surface area contributed by atoms with Gasteiger partial charge in [0.25, 0.3) is 0 Å². The van der Waals surface area contributed by atoms with Crippen LogP contribution in [0.15, 0.2) is 42.5 Å². The number of amides is 1. The van der Waals surface area contributed by atoms with Crippen LogP contribution in [0.2, 0.25) is 0 Å². The molecule has 1 fully saturated rings. The zero-order valence-electron chi connectivity index (χ0n) is 15.1. The molecule has 0 saturated carbocycles. The first-order valence-corrected chi connectivity index (χ1v) is 9.53. The molecule has 6 heteroatoms. The Morgan fingerprint density at radius 3 is 2.79 bits per heavy atom. The summed E-state index contributed by atoms with van der Waals surface area (Å²) in [6.45, 7) is 0.199. The number of nitrogens with zero attached hydrogens (tertiary/aromatic N) is 1. The van der Waals surface area contributed by atoms with Gasteiger partial charge in [0.15, 0.2) is 17.3 Å². The largest absolute Gasteiger partial charge is 0.454 e. The maximum absolute atomic E-state index is 12.9. The molecule has 0 bridgehead atoms. The fraction of sp³-hybridized carbons (Fsp3) is 0.273. The van der Waals surface area contributed by atoms with Crippen molar-refractivity contribution in [3.8, 4) is 11.5 Å². The Hall–Kier alpha value is -3.28. The van der Waals surface area contributed by atoms with Crippen LogP contribution in [-0.4, -0.2) is 34.4 Å². The summed E-state index contributed by atoms with van der Waals surface area (Å²) >= 11 is 0. The molecule has 2 atom stereocenters. The molecule has 140 valence electrons. The van der Waals surface area contributed by atoms with E-state index in [0.717, 1.165) is 27.7 Å². The summed E-state index contributed by atoms with van der Waals surface area (Å²) in [5.41, 5.74) is 4.06. The van der Waals surface area contributed by atoms with Crippen molar-refractivity contribution in [2.75, 3.05) is 6.79 Å². The highest BCUT2D eigenvalue weighted by Crippen LogP contribution is 2.45. The first-order chi connectivity index (χ1) is 13.7. The molecule has 2 aromatic carbocycles. The van der Waals surface area contributed by atoms with E-state index >= 15 is 0 Å². The smallest absolute Gasteiger partial charge is 0.231 e. The second kappa shape index (κ2) is 5.61. The quantitative estimate of drug-likeness (QED) is 0.710. The normalized spacial score (nSPS) is 23.1. The number of aromatic amines is 1. The predicted octanol–water partition coefficient (Wildman–Crippen LogP) is 3.10. The number of benzene rings is 2. The molecule has 1 saturated heterocycles. The van der Waals surface area contributed by atoms with Gasteiger partial charge in [0.05, 0.1) is 12.1 Å². The Morgan fingerprint density at radius 2 is 1.86 bits per heavy atom. The van der Waals surface area contributed by atoms with Crippen molar-refractivity contribution < 1.29 is 19.1 Å². The van der Waals surface area contributed by atoms with Crippen LogP contribution in [0.25, 0.3) is 10.9 Å². The number of para-hydroxylation sites is 1. The molecule has 1 amide bonds. The number of rotatable bonds is 1. The van der Waals surface area contributed by atoms with Crippen molar-refractivity contribution in [2.45, 2.75) is 31.3 Å². The maximum Gasteiger partial charge on any atom is 0.231 e. The topological polar surface area (TPSA) is 71.6 Å². The van der Waals surface area contributed by atoms with Gasteiger partial charge in [0.1, 0.15) is 0 Å². The van der Waals surface area contributed by atoms with Gasteiger partial charge in [-0.15, -0.1) is 0 Å². The Kier molecular flexibility index (Phi) is 3.15. The van der Waals surface area contributed by atoms with Gasteiger partial charge in [0, 0.05) is 35.9 Å². The highest BCUT2D eigenvalue weighted by molar-refractivity contribution is 5.98. The van der Waals surface area contributed by atoms with E-state index in [1.807, 2.05) is 36.4 Å². The van der Waals surface area contributed by atoms with Crippen LogP contribution < -0.4 is 9.47 Å². The number of Topliss-reactive ketones (excluding diaryl/α,β-unsaturated/α-hetero) is 1. The number of carbonyl (C=O) groups excluding carboxylic acids is 2. The molecule has 4 heterocycles. The summed E-state index contributed by atoms with van der Waals surface area (Å²) in [7, 11) is 0. The van der Waals surface area contributed by atoms with Gasteiger partial charge in [-0.25, -0.2) is 0 Å². The molecule has 3 aliphatic rings. The van der Waals surface area contributed by atoms with E-state index in [9.17, 15) is 9.59 Å². The molecule has 1 N–H and O–H groups in total. The van der Waals surface area contributed by atoms with Crippen molar-refractivity contribution in [3.05, 3.63) is 59.3 Å². The standard InChI is InChI=1S/C22H18N2O4/c25-17-6-8-20(26)24-16(17)10-14-13-3-1-2-4-15(13)23-21(14)22(24)12-5-7-18-19(9-12)28-11-27-18/h1-5,7,9,16,22-23H,6,8,10-11H2/t16-,22+/m0/s1. The van der Waals surface area contributed by atoms with Crippen LogP contribution in [0, 0.1) is 0 Å². The number of hydrogen-bond donors (Lipinski definition) is 1. The lowest BCUT2D eigenvalue weighted by Crippen LogP contribution is -2.54. The van der Waals surface area contributed by atoms with Gasteiger partial charge in [0.2, 0.25) is 12.7 Å². The van der Waals surface area contributed by atoms with Crippen molar-refractivity contribution >= 4 is 22.6 Å². The SMILES string of the molecule is O=C1CCC(=O)N2[C@H](c3ccc4c(c3)OCO4)c3[nH]c4ccccc4c3C[C@@H]12. The number of fused-ring (bicyclic) bond motifs is 5. The predicted molar refractivity (Wildman–Crippen MR) is 101 cm³/mol. The lowest BCUT2D eigenvalue weighted by Gasteiger charge is -2.44. The third kappa shape index (κ3) is 2.08. The molecule has 6 rings (SSSR count). The van der Waals surface area contributed by atoms with Crippen molar-refractivity contribution in [3.63, 3.8) is 0 Å². The van der Waals surface area contributed by atoms with E-state index < -0.39 is 6.04 Å². The van der Waals surface area contributed by atoms with Crippen LogP contribution in [0.1, 0.15) is 35.7 Å². The number of aromatic nitrogens is 1. The number of ketones is 1. The Morgan fingerprint density at radius 1 is 1.00 bits per heavy atom. The highest BCUT2D eigenvalue weighted by Gasteiger charge is 2.45. The monoisotopic (exact) mass is 374 g/mol. The minimum absolute atomic E-state index is 0.0246. The van der Waals surface area contributed by atoms with Crippen LogP contribution in [0.3, 0.4) is 0 Å². The number of carbonyl (C=O) groups is 2. The van der Waals surface area contributed by atoms with E-state index in [-0.39, 0.29) is 30.9 Å². The van der Waals surface area contributed by atoms with Gasteiger partial charge >= 0.3 is 0 Å². The van der Waals surface area contributed by atoms with Gasteiger partial charge < -0.3 is 19.4 Å². The minimum atomic E-state index is -0.414. The zero-order valence-corrected chi connectivity index (χ0v) is 15.1. The zero-order chi connectivity index (χ0) is 18.8. The van der Waals surface area contributed by atoms with E-state index in [0.29, 0.717) is 24.3 Å². The lowest BCUT2D eigenvalue weighted by molar-refractivity contribution is -0.147. The summed E-state index contributed by atoms with van der Waals surface area (Å²) in [4.78, 5) is 31.0. The molecule has 28 heavy (non-hydrogen) atoms. The first kappa shape index (κ1) is 15.7. The number of hydrogen-bond acceptors (Lipinski definition) is 4. The molecule has 0 spiro atoms. The number of piperidine rings is 1. The maximum atomic E-state index is 12.9. The average Bonchev–Trinajstić information content (AvgIpc) is 3.33. The fourth-order valence-electron chi connectivity index (χ4n) is 4.81. The molecule has 6 nitrogen and oxygen atoms in total. The van der Waals surface area contributed by atoms with Gasteiger partial charge in [-0.2, -0.15) is 0 Å². The number of H-pyrrole nitrogens is 1. The van der Waals surface area contributed by atoms with E-state index in [1.165, 1.54) is 0 Å². The first-order valence-electron chi connectivity index (χ1n) is 9.53. The Labute approximate surface area is 161 Å². The molecular weight excluding hydrogens is 356 g/mol.